The van der Waals surface area contributed by atoms with Gasteiger partial charge in [0.05, 0.1) is 12.8 Å². The van der Waals surface area contributed by atoms with Crippen molar-refractivity contribution >= 4 is 23.1 Å². The van der Waals surface area contributed by atoms with E-state index in [9.17, 15) is 4.39 Å². The predicted molar refractivity (Wildman–Crippen MR) is 94.5 cm³/mol. The van der Waals surface area contributed by atoms with E-state index in [-0.39, 0.29) is 11.0 Å². The van der Waals surface area contributed by atoms with Gasteiger partial charge in [-0.1, -0.05) is 25.1 Å². The first-order chi connectivity index (χ1) is 11.0. The van der Waals surface area contributed by atoms with Crippen molar-refractivity contribution in [1.29, 1.82) is 0 Å². The number of hydrogen-bond acceptors (Lipinski definition) is 3. The Kier molecular flexibility index (Phi) is 5.93. The highest BCUT2D eigenvalue weighted by Crippen LogP contribution is 2.23. The summed E-state index contributed by atoms with van der Waals surface area (Å²) in [6.07, 6.45) is 0.988. The number of ether oxygens (including phenoxy) is 2. The molecule has 1 N–H and O–H groups in total. The molecule has 0 heterocycles. The minimum atomic E-state index is -0.348. The van der Waals surface area contributed by atoms with Crippen molar-refractivity contribution in [3.8, 4) is 5.75 Å². The Hall–Kier alpha value is -2.14. The SMILES string of the molecule is CCc1ccc(OCc2ccc(F)cc2NC(=S)OC)c(C)c1. The maximum atomic E-state index is 13.4. The molecule has 0 spiro atoms. The zero-order valence-electron chi connectivity index (χ0n) is 13.5. The molecule has 0 atom stereocenters. The van der Waals surface area contributed by atoms with Gasteiger partial charge in [-0.15, -0.1) is 0 Å². The molecule has 0 fully saturated rings. The fourth-order valence-corrected chi connectivity index (χ4v) is 2.31. The molecule has 0 aliphatic rings. The number of methoxy groups -OCH3 is 1. The van der Waals surface area contributed by atoms with Crippen LogP contribution in [0.15, 0.2) is 36.4 Å². The monoisotopic (exact) mass is 333 g/mol. The molecular formula is C18H20FNO2S. The van der Waals surface area contributed by atoms with Crippen LogP contribution >= 0.6 is 12.2 Å². The van der Waals surface area contributed by atoms with Crippen molar-refractivity contribution in [2.45, 2.75) is 26.9 Å². The standard InChI is InChI=1S/C18H20FNO2S/c1-4-13-5-8-17(12(2)9-13)22-11-14-6-7-15(19)10-16(14)20-18(23)21-3/h5-10H,4,11H2,1-3H3,(H,20,23). The van der Waals surface area contributed by atoms with Gasteiger partial charge < -0.3 is 14.8 Å². The summed E-state index contributed by atoms with van der Waals surface area (Å²) in [5.41, 5.74) is 3.68. The molecule has 23 heavy (non-hydrogen) atoms. The van der Waals surface area contributed by atoms with E-state index < -0.39 is 0 Å². The van der Waals surface area contributed by atoms with Gasteiger partial charge in [0.2, 0.25) is 0 Å². The highest BCUT2D eigenvalue weighted by Gasteiger charge is 2.08. The van der Waals surface area contributed by atoms with Crippen molar-refractivity contribution in [2.75, 3.05) is 12.4 Å². The average Bonchev–Trinajstić information content (AvgIpc) is 2.54. The maximum Gasteiger partial charge on any atom is 0.260 e. The molecule has 122 valence electrons. The second-order valence-electron chi connectivity index (χ2n) is 5.16. The van der Waals surface area contributed by atoms with Gasteiger partial charge in [-0.05, 0) is 54.9 Å². The molecule has 0 unspecified atom stereocenters. The number of rotatable bonds is 5. The number of thiocarbonyl (C=S) groups is 1. The number of hydrogen-bond donors (Lipinski definition) is 1. The molecule has 2 rings (SSSR count). The van der Waals surface area contributed by atoms with Crippen molar-refractivity contribution < 1.29 is 13.9 Å². The van der Waals surface area contributed by atoms with Crippen LogP contribution < -0.4 is 10.1 Å². The number of benzene rings is 2. The quantitative estimate of drug-likeness (QED) is 0.809. The molecule has 0 saturated carbocycles. The Balaban J connectivity index is 2.15. The smallest absolute Gasteiger partial charge is 0.260 e. The van der Waals surface area contributed by atoms with E-state index in [1.54, 1.807) is 6.07 Å². The van der Waals surface area contributed by atoms with E-state index in [2.05, 4.69) is 18.3 Å². The summed E-state index contributed by atoms with van der Waals surface area (Å²) in [6.45, 7) is 4.43. The van der Waals surface area contributed by atoms with E-state index in [4.69, 9.17) is 21.7 Å². The predicted octanol–water partition coefficient (Wildman–Crippen LogP) is 4.62. The zero-order chi connectivity index (χ0) is 16.8. The number of halogens is 1. The lowest BCUT2D eigenvalue weighted by Gasteiger charge is -2.14. The van der Waals surface area contributed by atoms with Crippen LogP contribution in [0.4, 0.5) is 10.1 Å². The van der Waals surface area contributed by atoms with Gasteiger partial charge >= 0.3 is 0 Å². The molecule has 2 aromatic carbocycles. The summed E-state index contributed by atoms with van der Waals surface area (Å²) in [5.74, 6) is 0.463. The summed E-state index contributed by atoms with van der Waals surface area (Å²) in [7, 11) is 1.46. The van der Waals surface area contributed by atoms with Crippen LogP contribution in [0, 0.1) is 12.7 Å². The molecule has 0 aliphatic heterocycles. The highest BCUT2D eigenvalue weighted by atomic mass is 32.1. The van der Waals surface area contributed by atoms with E-state index in [1.807, 2.05) is 19.1 Å². The van der Waals surface area contributed by atoms with E-state index in [1.165, 1.54) is 24.8 Å². The minimum Gasteiger partial charge on any atom is -0.489 e. The summed E-state index contributed by atoms with van der Waals surface area (Å²) in [5, 5.41) is 3.04. The van der Waals surface area contributed by atoms with Crippen LogP contribution in [0.1, 0.15) is 23.6 Å². The molecule has 3 nitrogen and oxygen atoms in total. The Bertz CT molecular complexity index is 703. The van der Waals surface area contributed by atoms with Gasteiger partial charge in [0.15, 0.2) is 0 Å². The zero-order valence-corrected chi connectivity index (χ0v) is 14.3. The first-order valence-electron chi connectivity index (χ1n) is 7.39. The molecule has 0 aromatic heterocycles. The van der Waals surface area contributed by atoms with Crippen LogP contribution in [0.25, 0.3) is 0 Å². The van der Waals surface area contributed by atoms with Gasteiger partial charge in [-0.25, -0.2) is 4.39 Å². The van der Waals surface area contributed by atoms with Crippen LogP contribution in [0.3, 0.4) is 0 Å². The molecule has 2 aromatic rings. The molecule has 0 radical (unpaired) electrons. The van der Waals surface area contributed by atoms with E-state index in [0.29, 0.717) is 12.3 Å². The van der Waals surface area contributed by atoms with Gasteiger partial charge in [-0.3, -0.25) is 0 Å². The largest absolute Gasteiger partial charge is 0.489 e. The van der Waals surface area contributed by atoms with Gasteiger partial charge in [-0.2, -0.15) is 0 Å². The van der Waals surface area contributed by atoms with Crippen LogP contribution in [-0.4, -0.2) is 12.3 Å². The Morgan fingerprint density at radius 2 is 2.00 bits per heavy atom. The molecule has 0 amide bonds. The fourth-order valence-electron chi connectivity index (χ4n) is 2.20. The summed E-state index contributed by atoms with van der Waals surface area (Å²) in [4.78, 5) is 0. The first kappa shape index (κ1) is 17.2. The van der Waals surface area contributed by atoms with E-state index >= 15 is 0 Å². The van der Waals surface area contributed by atoms with Gasteiger partial charge in [0, 0.05) is 5.56 Å². The second kappa shape index (κ2) is 7.92. The summed E-state index contributed by atoms with van der Waals surface area (Å²) < 4.78 is 24.2. The second-order valence-corrected chi connectivity index (χ2v) is 5.53. The Morgan fingerprint density at radius 1 is 1.22 bits per heavy atom. The van der Waals surface area contributed by atoms with Crippen LogP contribution in [0.2, 0.25) is 0 Å². The lowest BCUT2D eigenvalue weighted by molar-refractivity contribution is 0.304. The molecule has 0 aliphatic carbocycles. The third-order valence-corrected chi connectivity index (χ3v) is 3.79. The van der Waals surface area contributed by atoms with Gasteiger partial charge in [0.25, 0.3) is 5.17 Å². The van der Waals surface area contributed by atoms with E-state index in [0.717, 1.165) is 23.3 Å². The third-order valence-electron chi connectivity index (χ3n) is 3.52. The lowest BCUT2D eigenvalue weighted by Crippen LogP contribution is -2.13. The number of nitrogens with one attached hydrogen (secondary N) is 1. The topological polar surface area (TPSA) is 30.5 Å². The maximum absolute atomic E-state index is 13.4. The highest BCUT2D eigenvalue weighted by molar-refractivity contribution is 7.80. The molecule has 0 bridgehead atoms. The van der Waals surface area contributed by atoms with Crippen LogP contribution in [-0.2, 0) is 17.8 Å². The van der Waals surface area contributed by atoms with Crippen molar-refractivity contribution in [3.05, 3.63) is 58.9 Å². The molecule has 0 saturated heterocycles. The first-order valence-corrected chi connectivity index (χ1v) is 7.80. The van der Waals surface area contributed by atoms with Crippen LogP contribution in [0.5, 0.6) is 5.75 Å². The van der Waals surface area contributed by atoms with Crippen molar-refractivity contribution in [3.63, 3.8) is 0 Å². The minimum absolute atomic E-state index is 0.181. The molecule has 5 heteroatoms. The van der Waals surface area contributed by atoms with Gasteiger partial charge in [0.1, 0.15) is 18.2 Å². The Morgan fingerprint density at radius 3 is 2.65 bits per heavy atom. The van der Waals surface area contributed by atoms with Crippen molar-refractivity contribution in [1.82, 2.24) is 0 Å². The summed E-state index contributed by atoms with van der Waals surface area (Å²) in [6, 6.07) is 10.6. The van der Waals surface area contributed by atoms with Crippen molar-refractivity contribution in [2.24, 2.45) is 0 Å². The number of anilines is 1. The normalized spacial score (nSPS) is 10.3. The number of aryl methyl sites for hydroxylation is 2. The summed E-state index contributed by atoms with van der Waals surface area (Å²) >= 11 is 4.97. The Labute approximate surface area is 141 Å². The lowest BCUT2D eigenvalue weighted by atomic mass is 10.1. The fraction of sp³-hybridized carbons (Fsp3) is 0.278. The third kappa shape index (κ3) is 4.66. The molecular weight excluding hydrogens is 313 g/mol. The average molecular weight is 333 g/mol.